The topological polar surface area (TPSA) is 40.5 Å². The summed E-state index contributed by atoms with van der Waals surface area (Å²) in [6, 6.07) is 9.30. The maximum absolute atomic E-state index is 10.1. The Kier molecular flexibility index (Phi) is 3.66. The van der Waals surface area contributed by atoms with Gasteiger partial charge in [-0.3, -0.25) is 0 Å². The van der Waals surface area contributed by atoms with Crippen molar-refractivity contribution in [3.05, 3.63) is 48.6 Å². The largest absolute Gasteiger partial charge is 0.390 e. The van der Waals surface area contributed by atoms with Crippen molar-refractivity contribution in [3.8, 4) is 0 Å². The lowest BCUT2D eigenvalue weighted by atomic mass is 9.83. The normalized spacial score (nSPS) is 15.7. The zero-order valence-corrected chi connectivity index (χ0v) is 9.22. The fourth-order valence-electron chi connectivity index (χ4n) is 1.66. The van der Waals surface area contributed by atoms with E-state index in [-0.39, 0.29) is 5.92 Å². The van der Waals surface area contributed by atoms with E-state index in [1.54, 1.807) is 19.9 Å². The van der Waals surface area contributed by atoms with Crippen molar-refractivity contribution in [1.82, 2.24) is 0 Å². The van der Waals surface area contributed by atoms with E-state index in [2.05, 4.69) is 6.58 Å². The summed E-state index contributed by atoms with van der Waals surface area (Å²) in [5, 5.41) is 20.0. The van der Waals surface area contributed by atoms with Crippen LogP contribution in [0.25, 0.3) is 0 Å². The van der Waals surface area contributed by atoms with Gasteiger partial charge in [0.25, 0.3) is 0 Å². The Balaban J connectivity index is 2.92. The predicted molar refractivity (Wildman–Crippen MR) is 61.4 cm³/mol. The first-order chi connectivity index (χ1) is 6.96. The summed E-state index contributed by atoms with van der Waals surface area (Å²) in [6.45, 7) is 7.00. The molecule has 1 aromatic rings. The molecular formula is C13H18O2. The number of aliphatic hydroxyl groups is 2. The first-order valence-electron chi connectivity index (χ1n) is 5.04. The van der Waals surface area contributed by atoms with E-state index in [0.29, 0.717) is 0 Å². The Morgan fingerprint density at radius 1 is 1.27 bits per heavy atom. The van der Waals surface area contributed by atoms with Gasteiger partial charge < -0.3 is 10.2 Å². The Morgan fingerprint density at radius 3 is 2.20 bits per heavy atom. The third-order valence-electron chi connectivity index (χ3n) is 2.55. The first kappa shape index (κ1) is 12.0. The second kappa shape index (κ2) is 4.60. The molecule has 0 saturated carbocycles. The lowest BCUT2D eigenvalue weighted by molar-refractivity contribution is -0.0248. The molecular weight excluding hydrogens is 188 g/mol. The van der Waals surface area contributed by atoms with Crippen LogP contribution in [0.1, 0.15) is 25.5 Å². The maximum atomic E-state index is 10.1. The van der Waals surface area contributed by atoms with Crippen molar-refractivity contribution >= 4 is 0 Å². The van der Waals surface area contributed by atoms with Crippen LogP contribution >= 0.6 is 0 Å². The molecule has 2 nitrogen and oxygen atoms in total. The molecule has 0 radical (unpaired) electrons. The van der Waals surface area contributed by atoms with Crippen LogP contribution in [0.3, 0.4) is 0 Å². The van der Waals surface area contributed by atoms with Crippen molar-refractivity contribution < 1.29 is 10.2 Å². The predicted octanol–water partition coefficient (Wildman–Crippen LogP) is 2.29. The average Bonchev–Trinajstić information content (AvgIpc) is 2.18. The van der Waals surface area contributed by atoms with Crippen LogP contribution in [0.5, 0.6) is 0 Å². The molecule has 0 aromatic heterocycles. The van der Waals surface area contributed by atoms with Crippen LogP contribution in [0.15, 0.2) is 43.0 Å². The van der Waals surface area contributed by atoms with Gasteiger partial charge in [0.1, 0.15) is 0 Å². The molecule has 1 aromatic carbocycles. The fourth-order valence-corrected chi connectivity index (χ4v) is 1.66. The molecule has 0 heterocycles. The summed E-state index contributed by atoms with van der Waals surface area (Å²) in [6.07, 6.45) is 0.876. The molecule has 0 aliphatic rings. The summed E-state index contributed by atoms with van der Waals surface area (Å²) in [7, 11) is 0. The van der Waals surface area contributed by atoms with E-state index in [4.69, 9.17) is 0 Å². The fraction of sp³-hybridized carbons (Fsp3) is 0.385. The molecule has 0 saturated heterocycles. The Morgan fingerprint density at radius 2 is 1.80 bits per heavy atom. The van der Waals surface area contributed by atoms with E-state index in [1.165, 1.54) is 0 Å². The summed E-state index contributed by atoms with van der Waals surface area (Å²) >= 11 is 0. The Labute approximate surface area is 90.9 Å². The number of hydrogen-bond donors (Lipinski definition) is 2. The van der Waals surface area contributed by atoms with Gasteiger partial charge in [-0.1, -0.05) is 36.4 Å². The van der Waals surface area contributed by atoms with Crippen molar-refractivity contribution in [2.75, 3.05) is 0 Å². The molecule has 0 bridgehead atoms. The summed E-state index contributed by atoms with van der Waals surface area (Å²) in [5.74, 6) is -0.375. The molecule has 15 heavy (non-hydrogen) atoms. The van der Waals surface area contributed by atoms with Gasteiger partial charge in [0.05, 0.1) is 11.7 Å². The minimum atomic E-state index is -0.975. The number of benzene rings is 1. The highest BCUT2D eigenvalue weighted by Crippen LogP contribution is 2.31. The molecule has 2 N–H and O–H groups in total. The molecule has 1 rings (SSSR count). The minimum Gasteiger partial charge on any atom is -0.390 e. The van der Waals surface area contributed by atoms with E-state index < -0.39 is 11.7 Å². The van der Waals surface area contributed by atoms with E-state index in [1.807, 2.05) is 30.3 Å². The Bertz CT molecular complexity index is 311. The molecule has 82 valence electrons. The lowest BCUT2D eigenvalue weighted by Crippen LogP contribution is -2.33. The van der Waals surface area contributed by atoms with Crippen LogP contribution in [0.4, 0.5) is 0 Å². The van der Waals surface area contributed by atoms with Crippen molar-refractivity contribution in [2.24, 2.45) is 5.92 Å². The van der Waals surface area contributed by atoms with Gasteiger partial charge in [-0.15, -0.1) is 6.58 Å². The van der Waals surface area contributed by atoms with Gasteiger partial charge in [-0.25, -0.2) is 0 Å². The number of hydrogen-bond acceptors (Lipinski definition) is 2. The van der Waals surface area contributed by atoms with E-state index in [9.17, 15) is 10.2 Å². The van der Waals surface area contributed by atoms with Gasteiger partial charge in [0.2, 0.25) is 0 Å². The highest BCUT2D eigenvalue weighted by atomic mass is 16.3. The first-order valence-corrected chi connectivity index (χ1v) is 5.04. The van der Waals surface area contributed by atoms with Gasteiger partial charge >= 0.3 is 0 Å². The Hall–Kier alpha value is -1.12. The molecule has 0 fully saturated rings. The zero-order chi connectivity index (χ0) is 11.5. The highest BCUT2D eigenvalue weighted by Gasteiger charge is 2.31. The molecule has 2 atom stereocenters. The molecule has 0 unspecified atom stereocenters. The second-order valence-corrected chi connectivity index (χ2v) is 4.27. The van der Waals surface area contributed by atoms with Gasteiger partial charge in [-0.2, -0.15) is 0 Å². The third-order valence-corrected chi connectivity index (χ3v) is 2.55. The quantitative estimate of drug-likeness (QED) is 0.742. The smallest absolute Gasteiger partial charge is 0.0879 e. The van der Waals surface area contributed by atoms with Crippen molar-refractivity contribution in [3.63, 3.8) is 0 Å². The minimum absolute atomic E-state index is 0.375. The summed E-state index contributed by atoms with van der Waals surface area (Å²) in [5.41, 5.74) is -0.179. The van der Waals surface area contributed by atoms with E-state index >= 15 is 0 Å². The maximum Gasteiger partial charge on any atom is 0.0879 e. The van der Waals surface area contributed by atoms with Crippen LogP contribution in [0.2, 0.25) is 0 Å². The van der Waals surface area contributed by atoms with Crippen molar-refractivity contribution in [1.29, 1.82) is 0 Å². The van der Waals surface area contributed by atoms with Gasteiger partial charge in [-0.05, 0) is 19.4 Å². The average molecular weight is 206 g/mol. The second-order valence-electron chi connectivity index (χ2n) is 4.27. The third kappa shape index (κ3) is 2.91. The zero-order valence-electron chi connectivity index (χ0n) is 9.22. The molecule has 0 aliphatic heterocycles. The van der Waals surface area contributed by atoms with Crippen LogP contribution in [0, 0.1) is 5.92 Å². The van der Waals surface area contributed by atoms with Crippen molar-refractivity contribution in [2.45, 2.75) is 25.6 Å². The SMILES string of the molecule is C=C[C@H]([C@@H](O)c1ccccc1)C(C)(C)O. The summed E-state index contributed by atoms with van der Waals surface area (Å²) < 4.78 is 0. The standard InChI is InChI=1S/C13H18O2/c1-4-11(13(2,3)15)12(14)10-8-6-5-7-9-10/h4-9,11-12,14-15H,1H2,2-3H3/t11-,12+/m1/s1. The highest BCUT2D eigenvalue weighted by molar-refractivity contribution is 5.20. The monoisotopic (exact) mass is 206 g/mol. The van der Waals surface area contributed by atoms with E-state index in [0.717, 1.165) is 5.56 Å². The lowest BCUT2D eigenvalue weighted by Gasteiger charge is -2.30. The summed E-state index contributed by atoms with van der Waals surface area (Å²) in [4.78, 5) is 0. The van der Waals surface area contributed by atoms with Gasteiger partial charge in [0, 0.05) is 5.92 Å². The molecule has 0 aliphatic carbocycles. The molecule has 2 heteroatoms. The number of aliphatic hydroxyl groups excluding tert-OH is 1. The molecule has 0 spiro atoms. The van der Waals surface area contributed by atoms with Crippen LogP contribution < -0.4 is 0 Å². The van der Waals surface area contributed by atoms with Gasteiger partial charge in [0.15, 0.2) is 0 Å². The van der Waals surface area contributed by atoms with Crippen LogP contribution in [-0.4, -0.2) is 15.8 Å². The number of rotatable bonds is 4. The molecule has 0 amide bonds. The van der Waals surface area contributed by atoms with Crippen LogP contribution in [-0.2, 0) is 0 Å².